The second kappa shape index (κ2) is 11.9. The van der Waals surface area contributed by atoms with Crippen molar-refractivity contribution in [1.29, 1.82) is 0 Å². The highest BCUT2D eigenvalue weighted by Gasteiger charge is 2.27. The molecule has 0 spiro atoms. The maximum Gasteiger partial charge on any atom is 0.175 e. The van der Waals surface area contributed by atoms with Gasteiger partial charge in [0.2, 0.25) is 0 Å². The van der Waals surface area contributed by atoms with Crippen LogP contribution in [-0.4, -0.2) is 79.8 Å². The second-order valence-electron chi connectivity index (χ2n) is 11.4. The molecule has 2 aliphatic heterocycles. The van der Waals surface area contributed by atoms with Crippen LogP contribution in [0.15, 0.2) is 84.0 Å². The number of rotatable bonds is 8. The minimum atomic E-state index is -3.25. The van der Waals surface area contributed by atoms with Crippen LogP contribution in [0.1, 0.15) is 36.9 Å². The molecule has 3 aromatic carbocycles. The van der Waals surface area contributed by atoms with E-state index >= 15 is 0 Å². The zero-order chi connectivity index (χ0) is 28.4. The Bertz CT molecular complexity index is 1560. The zero-order valence-electron chi connectivity index (χ0n) is 23.6. The van der Waals surface area contributed by atoms with E-state index in [4.69, 9.17) is 0 Å². The van der Waals surface area contributed by atoms with Crippen molar-refractivity contribution in [2.75, 3.05) is 57.0 Å². The van der Waals surface area contributed by atoms with E-state index in [1.54, 1.807) is 24.3 Å². The Morgan fingerprint density at radius 1 is 0.902 bits per heavy atom. The SMILES string of the molecule is CS(=O)(=O)c1ccc2c(c1)ncn2C1CCN(CCC(c2ccccc2)N2CCN(c3ccc(F)cc3)CC2)CC1. The Hall–Kier alpha value is -3.27. The van der Waals surface area contributed by atoms with Gasteiger partial charge in [-0.25, -0.2) is 17.8 Å². The number of likely N-dealkylation sites (tertiary alicyclic amines) is 1. The summed E-state index contributed by atoms with van der Waals surface area (Å²) in [4.78, 5) is 12.4. The third-order valence-electron chi connectivity index (χ3n) is 8.77. The van der Waals surface area contributed by atoms with E-state index in [2.05, 4.69) is 54.6 Å². The average molecular weight is 576 g/mol. The summed E-state index contributed by atoms with van der Waals surface area (Å²) in [5.74, 6) is -0.192. The summed E-state index contributed by atoms with van der Waals surface area (Å²) in [5.41, 5.74) is 4.20. The Morgan fingerprint density at radius 3 is 2.29 bits per heavy atom. The van der Waals surface area contributed by atoms with Gasteiger partial charge in [0.15, 0.2) is 9.84 Å². The van der Waals surface area contributed by atoms with Gasteiger partial charge in [-0.3, -0.25) is 4.90 Å². The maximum absolute atomic E-state index is 13.4. The first-order valence-electron chi connectivity index (χ1n) is 14.5. The van der Waals surface area contributed by atoms with E-state index in [1.807, 2.05) is 24.5 Å². The molecular weight excluding hydrogens is 537 g/mol. The number of nitrogens with zero attached hydrogens (tertiary/aromatic N) is 5. The van der Waals surface area contributed by atoms with Crippen molar-refractivity contribution in [2.45, 2.75) is 36.2 Å². The normalized spacial score (nSPS) is 18.6. The number of piperazine rings is 1. The molecule has 1 aromatic heterocycles. The molecule has 2 aliphatic rings. The second-order valence-corrected chi connectivity index (χ2v) is 13.4. The van der Waals surface area contributed by atoms with Crippen LogP contribution in [0.4, 0.5) is 10.1 Å². The van der Waals surface area contributed by atoms with Crippen molar-refractivity contribution in [3.05, 3.63) is 90.5 Å². The Labute approximate surface area is 242 Å². The smallest absolute Gasteiger partial charge is 0.175 e. The van der Waals surface area contributed by atoms with E-state index in [0.717, 1.165) is 81.8 Å². The molecule has 0 saturated carbocycles. The van der Waals surface area contributed by atoms with Crippen molar-refractivity contribution in [1.82, 2.24) is 19.4 Å². The first kappa shape index (κ1) is 27.9. The largest absolute Gasteiger partial charge is 0.369 e. The molecule has 0 N–H and O–H groups in total. The van der Waals surface area contributed by atoms with E-state index < -0.39 is 9.84 Å². The number of sulfone groups is 1. The van der Waals surface area contributed by atoms with Gasteiger partial charge >= 0.3 is 0 Å². The van der Waals surface area contributed by atoms with Crippen LogP contribution in [-0.2, 0) is 9.84 Å². The highest BCUT2D eigenvalue weighted by molar-refractivity contribution is 7.90. The van der Waals surface area contributed by atoms with Gasteiger partial charge in [-0.15, -0.1) is 0 Å². The summed E-state index contributed by atoms with van der Waals surface area (Å²) >= 11 is 0. The van der Waals surface area contributed by atoms with E-state index in [-0.39, 0.29) is 5.82 Å². The number of fused-ring (bicyclic) bond motifs is 1. The van der Waals surface area contributed by atoms with Crippen molar-refractivity contribution in [3.63, 3.8) is 0 Å². The lowest BCUT2D eigenvalue weighted by atomic mass is 9.99. The number of benzene rings is 3. The number of piperidine rings is 1. The molecule has 1 unspecified atom stereocenters. The first-order valence-corrected chi connectivity index (χ1v) is 16.4. The highest BCUT2D eigenvalue weighted by atomic mass is 32.2. The van der Waals surface area contributed by atoms with Gasteiger partial charge in [-0.1, -0.05) is 30.3 Å². The van der Waals surface area contributed by atoms with Crippen molar-refractivity contribution in [2.24, 2.45) is 0 Å². The Morgan fingerprint density at radius 2 is 1.61 bits per heavy atom. The molecule has 0 bridgehead atoms. The minimum Gasteiger partial charge on any atom is -0.369 e. The van der Waals surface area contributed by atoms with Crippen molar-refractivity contribution in [3.8, 4) is 0 Å². The Kier molecular flexibility index (Phi) is 8.10. The summed E-state index contributed by atoms with van der Waals surface area (Å²) in [6.45, 7) is 6.95. The summed E-state index contributed by atoms with van der Waals surface area (Å²) in [6.07, 6.45) is 6.27. The van der Waals surface area contributed by atoms with Crippen LogP contribution in [0.25, 0.3) is 11.0 Å². The van der Waals surface area contributed by atoms with Crippen LogP contribution in [0.5, 0.6) is 0 Å². The van der Waals surface area contributed by atoms with Gasteiger partial charge in [0, 0.05) is 63.3 Å². The molecule has 216 valence electrons. The van der Waals surface area contributed by atoms with Crippen LogP contribution in [0.3, 0.4) is 0 Å². The molecule has 6 rings (SSSR count). The monoisotopic (exact) mass is 575 g/mol. The molecule has 4 aromatic rings. The first-order chi connectivity index (χ1) is 19.8. The van der Waals surface area contributed by atoms with Gasteiger partial charge in [0.05, 0.1) is 22.3 Å². The standard InChI is InChI=1S/C32H38FN5O2S/c1-41(39,40)29-11-12-32-30(23-29)34-24-38(32)28-13-16-35(17-14-28)18-15-31(25-5-3-2-4-6-25)37-21-19-36(20-22-37)27-9-7-26(33)8-10-27/h2-12,23-24,28,31H,13-22H2,1H3. The molecular formula is C32H38FN5O2S. The van der Waals surface area contributed by atoms with Crippen molar-refractivity contribution < 1.29 is 12.8 Å². The molecule has 7 nitrogen and oxygen atoms in total. The number of halogens is 1. The lowest BCUT2D eigenvalue weighted by Crippen LogP contribution is -2.48. The number of hydrogen-bond donors (Lipinski definition) is 0. The molecule has 2 saturated heterocycles. The molecule has 3 heterocycles. The lowest BCUT2D eigenvalue weighted by Gasteiger charge is -2.41. The maximum atomic E-state index is 13.4. The van der Waals surface area contributed by atoms with Crippen LogP contribution in [0, 0.1) is 5.82 Å². The highest BCUT2D eigenvalue weighted by Crippen LogP contribution is 2.31. The fourth-order valence-electron chi connectivity index (χ4n) is 6.44. The van der Waals surface area contributed by atoms with Gasteiger partial charge in [-0.05, 0) is 73.8 Å². The third kappa shape index (κ3) is 6.32. The number of imidazole rings is 1. The third-order valence-corrected chi connectivity index (χ3v) is 9.89. The zero-order valence-corrected chi connectivity index (χ0v) is 24.4. The van der Waals surface area contributed by atoms with Gasteiger partial charge in [0.1, 0.15) is 5.82 Å². The minimum absolute atomic E-state index is 0.192. The van der Waals surface area contributed by atoms with Gasteiger partial charge in [0.25, 0.3) is 0 Å². The van der Waals surface area contributed by atoms with Crippen LogP contribution < -0.4 is 4.90 Å². The predicted molar refractivity (Wildman–Crippen MR) is 162 cm³/mol. The predicted octanol–water partition coefficient (Wildman–Crippen LogP) is 5.17. The molecule has 9 heteroatoms. The summed E-state index contributed by atoms with van der Waals surface area (Å²) < 4.78 is 39.5. The Balaban J connectivity index is 1.07. The summed E-state index contributed by atoms with van der Waals surface area (Å²) in [7, 11) is -3.25. The van der Waals surface area contributed by atoms with Gasteiger partial charge in [-0.2, -0.15) is 0 Å². The number of anilines is 1. The molecule has 0 radical (unpaired) electrons. The number of aromatic nitrogens is 2. The quantitative estimate of drug-likeness (QED) is 0.289. The molecule has 0 amide bonds. The van der Waals surface area contributed by atoms with Crippen LogP contribution >= 0.6 is 0 Å². The fourth-order valence-corrected chi connectivity index (χ4v) is 7.08. The fraction of sp³-hybridized carbons (Fsp3) is 0.406. The van der Waals surface area contributed by atoms with Gasteiger partial charge < -0.3 is 14.4 Å². The van der Waals surface area contributed by atoms with E-state index in [1.165, 1.54) is 11.8 Å². The van der Waals surface area contributed by atoms with Crippen LogP contribution in [0.2, 0.25) is 0 Å². The summed E-state index contributed by atoms with van der Waals surface area (Å²) in [6, 6.07) is 23.7. The molecule has 2 fully saturated rings. The topological polar surface area (TPSA) is 61.7 Å². The lowest BCUT2D eigenvalue weighted by molar-refractivity contribution is 0.137. The molecule has 41 heavy (non-hydrogen) atoms. The number of hydrogen-bond acceptors (Lipinski definition) is 6. The average Bonchev–Trinajstić information content (AvgIpc) is 3.42. The van der Waals surface area contributed by atoms with E-state index in [0.29, 0.717) is 17.0 Å². The summed E-state index contributed by atoms with van der Waals surface area (Å²) in [5, 5.41) is 0. The van der Waals surface area contributed by atoms with E-state index in [9.17, 15) is 12.8 Å². The molecule has 1 atom stereocenters. The van der Waals surface area contributed by atoms with Crippen molar-refractivity contribution >= 4 is 26.6 Å². The molecule has 0 aliphatic carbocycles.